The van der Waals surface area contributed by atoms with Gasteiger partial charge in [-0.2, -0.15) is 9.40 Å². The van der Waals surface area contributed by atoms with Gasteiger partial charge in [-0.05, 0) is 31.1 Å². The zero-order valence-electron chi connectivity index (χ0n) is 13.3. The van der Waals surface area contributed by atoms with Crippen molar-refractivity contribution in [2.24, 2.45) is 17.1 Å². The second-order valence-electron chi connectivity index (χ2n) is 6.87. The van der Waals surface area contributed by atoms with Crippen molar-refractivity contribution < 1.29 is 8.42 Å². The van der Waals surface area contributed by atoms with Crippen LogP contribution < -0.4 is 5.73 Å². The molecule has 0 radical (unpaired) electrons. The Morgan fingerprint density at radius 1 is 1.33 bits per heavy atom. The van der Waals surface area contributed by atoms with Gasteiger partial charge < -0.3 is 5.73 Å². The summed E-state index contributed by atoms with van der Waals surface area (Å²) in [7, 11) is -3.50. The van der Waals surface area contributed by atoms with E-state index in [1.807, 2.05) is 0 Å². The lowest BCUT2D eigenvalue weighted by atomic mass is 9.76. The molecule has 1 aromatic heterocycles. The lowest BCUT2D eigenvalue weighted by Gasteiger charge is -2.38. The fourth-order valence-corrected chi connectivity index (χ4v) is 4.85. The van der Waals surface area contributed by atoms with E-state index in [9.17, 15) is 8.42 Å². The van der Waals surface area contributed by atoms with Gasteiger partial charge in [0.05, 0.1) is 11.4 Å². The minimum absolute atomic E-state index is 0.122. The van der Waals surface area contributed by atoms with Crippen LogP contribution in [0.2, 0.25) is 0 Å². The summed E-state index contributed by atoms with van der Waals surface area (Å²) in [4.78, 5) is 0.263. The standard InChI is InChI=1S/C14H26N4O2S/c1-10-13(12(9-15)17-16-10)21(19,20)18-7-5-11(6-8-18)14(2,3)4/h11H,5-9,15H2,1-4H3,(H,16,17). The van der Waals surface area contributed by atoms with Crippen molar-refractivity contribution in [3.05, 3.63) is 11.4 Å². The van der Waals surface area contributed by atoms with Crippen LogP contribution in [0.4, 0.5) is 0 Å². The second kappa shape index (κ2) is 5.70. The number of nitrogens with one attached hydrogen (secondary N) is 1. The van der Waals surface area contributed by atoms with E-state index in [0.717, 1.165) is 12.8 Å². The van der Waals surface area contributed by atoms with Crippen LogP contribution >= 0.6 is 0 Å². The highest BCUT2D eigenvalue weighted by atomic mass is 32.2. The molecular weight excluding hydrogens is 288 g/mol. The van der Waals surface area contributed by atoms with Crippen LogP contribution in [-0.4, -0.2) is 36.0 Å². The van der Waals surface area contributed by atoms with Crippen molar-refractivity contribution in [1.82, 2.24) is 14.5 Å². The number of rotatable bonds is 3. The first-order chi connectivity index (χ1) is 9.67. The van der Waals surface area contributed by atoms with Crippen molar-refractivity contribution in [2.75, 3.05) is 13.1 Å². The Kier molecular flexibility index (Phi) is 4.46. The topological polar surface area (TPSA) is 92.1 Å². The Morgan fingerprint density at radius 2 is 1.90 bits per heavy atom. The van der Waals surface area contributed by atoms with Crippen LogP contribution in [0, 0.1) is 18.3 Å². The third-order valence-electron chi connectivity index (χ3n) is 4.43. The van der Waals surface area contributed by atoms with Gasteiger partial charge in [-0.1, -0.05) is 20.8 Å². The van der Waals surface area contributed by atoms with E-state index in [2.05, 4.69) is 31.0 Å². The molecule has 0 unspecified atom stereocenters. The quantitative estimate of drug-likeness (QED) is 0.887. The van der Waals surface area contributed by atoms with Crippen molar-refractivity contribution in [3.8, 4) is 0 Å². The Bertz CT molecular complexity index is 593. The van der Waals surface area contributed by atoms with E-state index in [1.165, 1.54) is 0 Å². The van der Waals surface area contributed by atoms with Crippen molar-refractivity contribution in [1.29, 1.82) is 0 Å². The number of sulfonamides is 1. The van der Waals surface area contributed by atoms with Gasteiger partial charge >= 0.3 is 0 Å². The molecule has 1 saturated heterocycles. The molecule has 6 nitrogen and oxygen atoms in total. The van der Waals surface area contributed by atoms with Gasteiger partial charge in [0.1, 0.15) is 4.90 Å². The summed E-state index contributed by atoms with van der Waals surface area (Å²) in [5.41, 5.74) is 6.81. The number of hydrogen-bond donors (Lipinski definition) is 2. The van der Waals surface area contributed by atoms with E-state index in [1.54, 1.807) is 11.2 Å². The first kappa shape index (κ1) is 16.5. The van der Waals surface area contributed by atoms with Gasteiger partial charge in [0.15, 0.2) is 0 Å². The van der Waals surface area contributed by atoms with Gasteiger partial charge in [0.25, 0.3) is 0 Å². The molecule has 2 rings (SSSR count). The van der Waals surface area contributed by atoms with Crippen LogP contribution in [0.3, 0.4) is 0 Å². The normalized spacial score (nSPS) is 19.1. The summed E-state index contributed by atoms with van der Waals surface area (Å²) in [6, 6.07) is 0. The molecule has 7 heteroatoms. The molecule has 21 heavy (non-hydrogen) atoms. The maximum Gasteiger partial charge on any atom is 0.246 e. The van der Waals surface area contributed by atoms with Gasteiger partial charge in [-0.15, -0.1) is 0 Å². The smallest absolute Gasteiger partial charge is 0.246 e. The van der Waals surface area contributed by atoms with Crippen molar-refractivity contribution >= 4 is 10.0 Å². The van der Waals surface area contributed by atoms with Crippen molar-refractivity contribution in [2.45, 2.75) is 52.0 Å². The molecule has 0 bridgehead atoms. The van der Waals surface area contributed by atoms with E-state index >= 15 is 0 Å². The molecule has 3 N–H and O–H groups in total. The maximum atomic E-state index is 12.8. The Morgan fingerprint density at radius 3 is 2.38 bits per heavy atom. The summed E-state index contributed by atoms with van der Waals surface area (Å²) < 4.78 is 27.2. The first-order valence-electron chi connectivity index (χ1n) is 7.42. The van der Waals surface area contributed by atoms with Crippen LogP contribution in [-0.2, 0) is 16.6 Å². The zero-order valence-corrected chi connectivity index (χ0v) is 14.1. The molecule has 1 fully saturated rings. The summed E-state index contributed by atoms with van der Waals surface area (Å²) in [5, 5.41) is 6.72. The highest BCUT2D eigenvalue weighted by molar-refractivity contribution is 7.89. The van der Waals surface area contributed by atoms with Crippen LogP contribution in [0.5, 0.6) is 0 Å². The molecule has 0 saturated carbocycles. The molecule has 120 valence electrons. The lowest BCUT2D eigenvalue weighted by molar-refractivity contribution is 0.154. The Balaban J connectivity index is 2.21. The van der Waals surface area contributed by atoms with Gasteiger partial charge in [-0.25, -0.2) is 8.42 Å². The summed E-state index contributed by atoms with van der Waals surface area (Å²) in [6.07, 6.45) is 1.80. The fraction of sp³-hybridized carbons (Fsp3) is 0.786. The zero-order chi connectivity index (χ0) is 15.8. The number of hydrogen-bond acceptors (Lipinski definition) is 4. The second-order valence-corrected chi connectivity index (χ2v) is 8.75. The predicted octanol–water partition coefficient (Wildman–Crippen LogP) is 1.62. The highest BCUT2D eigenvalue weighted by Crippen LogP contribution is 2.36. The molecule has 1 aliphatic heterocycles. The third kappa shape index (κ3) is 3.14. The molecule has 0 aromatic carbocycles. The number of aromatic nitrogens is 2. The SMILES string of the molecule is Cc1[nH]nc(CN)c1S(=O)(=O)N1CCC(C(C)(C)C)CC1. The fourth-order valence-electron chi connectivity index (χ4n) is 3.04. The monoisotopic (exact) mass is 314 g/mol. The first-order valence-corrected chi connectivity index (χ1v) is 8.86. The molecule has 0 aliphatic carbocycles. The van der Waals surface area contributed by atoms with E-state index < -0.39 is 10.0 Å². The summed E-state index contributed by atoms with van der Waals surface area (Å²) >= 11 is 0. The van der Waals surface area contributed by atoms with Crippen LogP contribution in [0.15, 0.2) is 4.90 Å². The van der Waals surface area contributed by atoms with Crippen LogP contribution in [0.25, 0.3) is 0 Å². The number of H-pyrrole nitrogens is 1. The average Bonchev–Trinajstić information content (AvgIpc) is 2.79. The summed E-state index contributed by atoms with van der Waals surface area (Å²) in [6.45, 7) is 9.63. The molecule has 1 aliphatic rings. The third-order valence-corrected chi connectivity index (χ3v) is 6.53. The number of nitrogens with zero attached hydrogens (tertiary/aromatic N) is 2. The molecule has 0 atom stereocenters. The summed E-state index contributed by atoms with van der Waals surface area (Å²) in [5.74, 6) is 0.559. The largest absolute Gasteiger partial charge is 0.325 e. The van der Waals surface area contributed by atoms with Crippen LogP contribution in [0.1, 0.15) is 45.0 Å². The highest BCUT2D eigenvalue weighted by Gasteiger charge is 2.36. The number of nitrogens with two attached hydrogens (primary N) is 1. The van der Waals surface area contributed by atoms with E-state index in [0.29, 0.717) is 30.4 Å². The predicted molar refractivity (Wildman–Crippen MR) is 82.2 cm³/mol. The van der Waals surface area contributed by atoms with E-state index in [4.69, 9.17) is 5.73 Å². The van der Waals surface area contributed by atoms with Crippen molar-refractivity contribution in [3.63, 3.8) is 0 Å². The maximum absolute atomic E-state index is 12.8. The molecule has 0 amide bonds. The molecule has 1 aromatic rings. The van der Waals surface area contributed by atoms with Gasteiger partial charge in [0.2, 0.25) is 10.0 Å². The number of piperidine rings is 1. The van der Waals surface area contributed by atoms with E-state index in [-0.39, 0.29) is 16.9 Å². The molecule has 2 heterocycles. The Hall–Kier alpha value is -0.920. The minimum atomic E-state index is -3.50. The Labute approximate surface area is 127 Å². The minimum Gasteiger partial charge on any atom is -0.325 e. The number of aryl methyl sites for hydroxylation is 1. The number of aromatic amines is 1. The molecular formula is C14H26N4O2S. The van der Waals surface area contributed by atoms with Gasteiger partial charge in [-0.3, -0.25) is 5.10 Å². The lowest BCUT2D eigenvalue weighted by Crippen LogP contribution is -2.41. The van der Waals surface area contributed by atoms with Gasteiger partial charge in [0, 0.05) is 19.6 Å². The molecule has 0 spiro atoms. The average molecular weight is 314 g/mol.